The van der Waals surface area contributed by atoms with E-state index in [1.807, 2.05) is 55.6 Å². The van der Waals surface area contributed by atoms with Crippen molar-refractivity contribution >= 4 is 27.9 Å². The van der Waals surface area contributed by atoms with Gasteiger partial charge in [-0.25, -0.2) is 14.5 Å². The summed E-state index contributed by atoms with van der Waals surface area (Å²) in [6.45, 7) is 5.60. The Bertz CT molecular complexity index is 1210. The number of hydrogen-bond acceptors (Lipinski definition) is 5. The number of aromatic nitrogens is 3. The molecule has 0 amide bonds. The Labute approximate surface area is 168 Å². The number of esters is 1. The average Bonchev–Trinajstić information content (AvgIpc) is 3.05. The first-order chi connectivity index (χ1) is 14.0. The van der Waals surface area contributed by atoms with E-state index >= 15 is 0 Å². The lowest BCUT2D eigenvalue weighted by Gasteiger charge is -2.08. The van der Waals surface area contributed by atoms with E-state index in [4.69, 9.17) is 14.5 Å². The molecule has 2 heterocycles. The predicted molar refractivity (Wildman–Crippen MR) is 113 cm³/mol. The van der Waals surface area contributed by atoms with Crippen LogP contribution in [-0.4, -0.2) is 33.9 Å². The molecule has 146 valence electrons. The molecule has 0 N–H and O–H groups in total. The number of nitrogens with zero attached hydrogens (tertiary/aromatic N) is 3. The van der Waals surface area contributed by atoms with Crippen LogP contribution in [0.15, 0.2) is 66.7 Å². The number of pyridine rings is 1. The van der Waals surface area contributed by atoms with Gasteiger partial charge in [0.1, 0.15) is 24.7 Å². The molecule has 2 aromatic heterocycles. The smallest absolute Gasteiger partial charge is 0.333 e. The minimum atomic E-state index is -0.413. The van der Waals surface area contributed by atoms with E-state index in [1.165, 1.54) is 0 Å². The summed E-state index contributed by atoms with van der Waals surface area (Å²) in [4.78, 5) is 16.2. The van der Waals surface area contributed by atoms with Gasteiger partial charge >= 0.3 is 5.97 Å². The molecule has 2 aromatic carbocycles. The van der Waals surface area contributed by atoms with Crippen LogP contribution < -0.4 is 4.74 Å². The van der Waals surface area contributed by atoms with Crippen LogP contribution in [0, 0.1) is 0 Å². The first-order valence-corrected chi connectivity index (χ1v) is 9.31. The number of rotatable bonds is 6. The Kier molecular flexibility index (Phi) is 4.99. The standard InChI is InChI=1S/C23H21N3O3/c1-15(2)23(27)29-12-11-28-18-9-10-20-17(13-18)14-19-21(16-7-5-4-6-8-16)25-26(3)22(19)24-20/h4-10,13-14H,1,11-12H2,2-3H3. The van der Waals surface area contributed by atoms with Gasteiger partial charge in [-0.3, -0.25) is 0 Å². The highest BCUT2D eigenvalue weighted by molar-refractivity contribution is 5.99. The van der Waals surface area contributed by atoms with Gasteiger partial charge in [-0.15, -0.1) is 0 Å². The van der Waals surface area contributed by atoms with Gasteiger partial charge in [0, 0.05) is 29.0 Å². The first kappa shape index (κ1) is 18.7. The van der Waals surface area contributed by atoms with Crippen LogP contribution in [0.3, 0.4) is 0 Å². The van der Waals surface area contributed by atoms with Crippen molar-refractivity contribution in [3.8, 4) is 17.0 Å². The van der Waals surface area contributed by atoms with Crippen molar-refractivity contribution in [2.24, 2.45) is 7.05 Å². The van der Waals surface area contributed by atoms with Crippen molar-refractivity contribution in [1.29, 1.82) is 0 Å². The Morgan fingerprint density at radius 3 is 2.66 bits per heavy atom. The molecule has 0 atom stereocenters. The summed E-state index contributed by atoms with van der Waals surface area (Å²) in [5.41, 5.74) is 4.01. The fourth-order valence-electron chi connectivity index (χ4n) is 3.13. The van der Waals surface area contributed by atoms with Gasteiger partial charge in [0.15, 0.2) is 5.65 Å². The minimum Gasteiger partial charge on any atom is -0.490 e. The van der Waals surface area contributed by atoms with Gasteiger partial charge in [-0.2, -0.15) is 5.10 Å². The highest BCUT2D eigenvalue weighted by Crippen LogP contribution is 2.30. The van der Waals surface area contributed by atoms with Gasteiger partial charge in [0.25, 0.3) is 0 Å². The summed E-state index contributed by atoms with van der Waals surface area (Å²) >= 11 is 0. The van der Waals surface area contributed by atoms with Crippen molar-refractivity contribution in [2.75, 3.05) is 13.2 Å². The van der Waals surface area contributed by atoms with Crippen LogP contribution in [0.4, 0.5) is 0 Å². The number of carbonyl (C=O) groups excluding carboxylic acids is 1. The summed E-state index contributed by atoms with van der Waals surface area (Å²) in [5.74, 6) is 0.277. The Morgan fingerprint density at radius 1 is 1.10 bits per heavy atom. The van der Waals surface area contributed by atoms with E-state index < -0.39 is 5.97 Å². The third kappa shape index (κ3) is 3.82. The molecule has 0 saturated heterocycles. The fourth-order valence-corrected chi connectivity index (χ4v) is 3.13. The second-order valence-electron chi connectivity index (χ2n) is 6.82. The van der Waals surface area contributed by atoms with Crippen molar-refractivity contribution in [3.05, 3.63) is 66.7 Å². The van der Waals surface area contributed by atoms with E-state index in [0.29, 0.717) is 11.3 Å². The topological polar surface area (TPSA) is 66.2 Å². The second kappa shape index (κ2) is 7.75. The zero-order valence-electron chi connectivity index (χ0n) is 16.4. The van der Waals surface area contributed by atoms with Crippen LogP contribution in [0.25, 0.3) is 33.2 Å². The molecule has 0 spiro atoms. The zero-order chi connectivity index (χ0) is 20.4. The third-order valence-corrected chi connectivity index (χ3v) is 4.56. The average molecular weight is 387 g/mol. The Morgan fingerprint density at radius 2 is 1.90 bits per heavy atom. The van der Waals surface area contributed by atoms with Crippen LogP contribution in [0.1, 0.15) is 6.92 Å². The largest absolute Gasteiger partial charge is 0.490 e. The van der Waals surface area contributed by atoms with Crippen LogP contribution >= 0.6 is 0 Å². The molecule has 0 aliphatic carbocycles. The molecule has 4 rings (SSSR count). The van der Waals surface area contributed by atoms with Crippen LogP contribution in [0.2, 0.25) is 0 Å². The maximum absolute atomic E-state index is 11.4. The van der Waals surface area contributed by atoms with Crippen molar-refractivity contribution in [2.45, 2.75) is 6.92 Å². The molecule has 0 saturated carbocycles. The van der Waals surface area contributed by atoms with E-state index in [1.54, 1.807) is 11.6 Å². The Balaban J connectivity index is 1.61. The second-order valence-corrected chi connectivity index (χ2v) is 6.82. The molecule has 0 unspecified atom stereocenters. The molecule has 6 nitrogen and oxygen atoms in total. The Hall–Kier alpha value is -3.67. The van der Waals surface area contributed by atoms with Gasteiger partial charge in [-0.05, 0) is 31.2 Å². The molecule has 0 bridgehead atoms. The number of fused-ring (bicyclic) bond motifs is 2. The molecule has 0 fully saturated rings. The molecular weight excluding hydrogens is 366 g/mol. The third-order valence-electron chi connectivity index (χ3n) is 4.56. The summed E-state index contributed by atoms with van der Waals surface area (Å²) < 4.78 is 12.6. The van der Waals surface area contributed by atoms with Gasteiger partial charge in [0.05, 0.1) is 5.52 Å². The molecule has 4 aromatic rings. The quantitative estimate of drug-likeness (QED) is 0.281. The normalized spacial score (nSPS) is 11.0. The van der Waals surface area contributed by atoms with Crippen molar-refractivity contribution in [3.63, 3.8) is 0 Å². The zero-order valence-corrected chi connectivity index (χ0v) is 16.4. The lowest BCUT2D eigenvalue weighted by atomic mass is 10.1. The molecular formula is C23H21N3O3. The molecule has 29 heavy (non-hydrogen) atoms. The SMILES string of the molecule is C=C(C)C(=O)OCCOc1ccc2nc3c(cc2c1)c(-c1ccccc1)nn3C. The molecule has 0 aliphatic rings. The van der Waals surface area contributed by atoms with E-state index in [-0.39, 0.29) is 13.2 Å². The van der Waals surface area contributed by atoms with Gasteiger partial charge in [-0.1, -0.05) is 36.9 Å². The van der Waals surface area contributed by atoms with E-state index in [0.717, 1.165) is 33.2 Å². The number of carbonyl (C=O) groups is 1. The lowest BCUT2D eigenvalue weighted by molar-refractivity contribution is -0.139. The minimum absolute atomic E-state index is 0.168. The monoisotopic (exact) mass is 387 g/mol. The first-order valence-electron chi connectivity index (χ1n) is 9.31. The number of aryl methyl sites for hydroxylation is 1. The van der Waals surface area contributed by atoms with E-state index in [9.17, 15) is 4.79 Å². The molecule has 0 aliphatic heterocycles. The summed E-state index contributed by atoms with van der Waals surface area (Å²) in [6.07, 6.45) is 0. The maximum Gasteiger partial charge on any atom is 0.333 e. The van der Waals surface area contributed by atoms with Gasteiger partial charge in [0.2, 0.25) is 0 Å². The predicted octanol–water partition coefficient (Wildman–Crippen LogP) is 4.29. The van der Waals surface area contributed by atoms with Crippen LogP contribution in [0.5, 0.6) is 5.75 Å². The summed E-state index contributed by atoms with van der Waals surface area (Å²) in [5, 5.41) is 6.61. The van der Waals surface area contributed by atoms with E-state index in [2.05, 4.69) is 17.7 Å². The fraction of sp³-hybridized carbons (Fsp3) is 0.174. The highest BCUT2D eigenvalue weighted by atomic mass is 16.6. The van der Waals surface area contributed by atoms with Crippen molar-refractivity contribution < 1.29 is 14.3 Å². The maximum atomic E-state index is 11.4. The molecule has 6 heteroatoms. The number of ether oxygens (including phenoxy) is 2. The summed E-state index contributed by atoms with van der Waals surface area (Å²) in [6, 6.07) is 17.9. The summed E-state index contributed by atoms with van der Waals surface area (Å²) in [7, 11) is 1.90. The van der Waals surface area contributed by atoms with Crippen LogP contribution in [-0.2, 0) is 16.6 Å². The number of hydrogen-bond donors (Lipinski definition) is 0. The lowest BCUT2D eigenvalue weighted by Crippen LogP contribution is -2.12. The van der Waals surface area contributed by atoms with Crippen molar-refractivity contribution in [1.82, 2.24) is 14.8 Å². The molecule has 0 radical (unpaired) electrons. The number of benzene rings is 2. The highest BCUT2D eigenvalue weighted by Gasteiger charge is 2.13. The van der Waals surface area contributed by atoms with Gasteiger partial charge < -0.3 is 9.47 Å².